The zero-order valence-electron chi connectivity index (χ0n) is 14.8. The third-order valence-corrected chi connectivity index (χ3v) is 4.41. The van der Waals surface area contributed by atoms with Crippen LogP contribution >= 0.6 is 0 Å². The summed E-state index contributed by atoms with van der Waals surface area (Å²) < 4.78 is 20.8. The van der Waals surface area contributed by atoms with Crippen LogP contribution < -0.4 is 5.32 Å². The summed E-state index contributed by atoms with van der Waals surface area (Å²) in [6.45, 7) is 2.11. The zero-order valence-corrected chi connectivity index (χ0v) is 14.8. The van der Waals surface area contributed by atoms with E-state index < -0.39 is 0 Å². The maximum absolute atomic E-state index is 13.0. The molecular formula is C22H20FN3O. The predicted octanol–water partition coefficient (Wildman–Crippen LogP) is 4.62. The Morgan fingerprint density at radius 2 is 1.70 bits per heavy atom. The van der Waals surface area contributed by atoms with Crippen molar-refractivity contribution in [2.75, 3.05) is 0 Å². The van der Waals surface area contributed by atoms with Gasteiger partial charge in [-0.1, -0.05) is 24.3 Å². The van der Waals surface area contributed by atoms with Crippen molar-refractivity contribution in [3.05, 3.63) is 102 Å². The maximum atomic E-state index is 13.0. The molecule has 136 valence electrons. The summed E-state index contributed by atoms with van der Waals surface area (Å²) in [5.41, 5.74) is 3.34. The van der Waals surface area contributed by atoms with Crippen LogP contribution in [-0.4, -0.2) is 9.78 Å². The van der Waals surface area contributed by atoms with Gasteiger partial charge in [0, 0.05) is 24.5 Å². The van der Waals surface area contributed by atoms with E-state index in [9.17, 15) is 4.39 Å². The van der Waals surface area contributed by atoms with E-state index in [1.165, 1.54) is 23.3 Å². The Balaban J connectivity index is 1.37. The lowest BCUT2D eigenvalue weighted by Gasteiger charge is -2.10. The lowest BCUT2D eigenvalue weighted by atomic mass is 10.1. The van der Waals surface area contributed by atoms with Gasteiger partial charge in [-0.25, -0.2) is 4.39 Å². The third-order valence-electron chi connectivity index (χ3n) is 4.41. The second kappa shape index (κ2) is 8.01. The minimum absolute atomic E-state index is 0.249. The molecule has 4 rings (SSSR count). The summed E-state index contributed by atoms with van der Waals surface area (Å²) in [6.07, 6.45) is 3.75. The highest BCUT2D eigenvalue weighted by molar-refractivity contribution is 5.57. The normalized spacial score (nSPS) is 11.0. The smallest absolute Gasteiger partial charge is 0.134 e. The van der Waals surface area contributed by atoms with Gasteiger partial charge in [0.15, 0.2) is 0 Å². The Morgan fingerprint density at radius 3 is 2.48 bits per heavy atom. The van der Waals surface area contributed by atoms with Gasteiger partial charge >= 0.3 is 0 Å². The molecular weight excluding hydrogens is 341 g/mol. The van der Waals surface area contributed by atoms with E-state index in [1.807, 2.05) is 41.2 Å². The van der Waals surface area contributed by atoms with Gasteiger partial charge in [0.2, 0.25) is 0 Å². The number of hydrogen-bond acceptors (Lipinski definition) is 3. The third kappa shape index (κ3) is 4.33. The summed E-state index contributed by atoms with van der Waals surface area (Å²) >= 11 is 0. The molecule has 0 atom stereocenters. The van der Waals surface area contributed by atoms with E-state index in [0.29, 0.717) is 6.54 Å². The Labute approximate surface area is 157 Å². The molecule has 0 saturated carbocycles. The molecule has 0 aliphatic carbocycles. The van der Waals surface area contributed by atoms with Gasteiger partial charge in [0.05, 0.1) is 13.1 Å². The van der Waals surface area contributed by atoms with Crippen LogP contribution in [0.1, 0.15) is 16.9 Å². The number of rotatable bonds is 7. The molecule has 2 heterocycles. The van der Waals surface area contributed by atoms with Gasteiger partial charge in [-0.2, -0.15) is 5.10 Å². The first-order valence-corrected chi connectivity index (χ1v) is 8.87. The second-order valence-corrected chi connectivity index (χ2v) is 6.35. The van der Waals surface area contributed by atoms with Crippen LogP contribution in [0, 0.1) is 5.82 Å². The molecule has 2 aromatic carbocycles. The molecule has 0 aliphatic heterocycles. The number of aromatic nitrogens is 2. The van der Waals surface area contributed by atoms with Crippen LogP contribution in [-0.2, 0) is 19.6 Å². The van der Waals surface area contributed by atoms with Crippen molar-refractivity contribution in [3.63, 3.8) is 0 Å². The fourth-order valence-corrected chi connectivity index (χ4v) is 3.02. The van der Waals surface area contributed by atoms with E-state index in [0.717, 1.165) is 30.2 Å². The Bertz CT molecular complexity index is 991. The van der Waals surface area contributed by atoms with E-state index in [-0.39, 0.29) is 5.82 Å². The van der Waals surface area contributed by atoms with E-state index >= 15 is 0 Å². The lowest BCUT2D eigenvalue weighted by Crippen LogP contribution is -2.14. The van der Waals surface area contributed by atoms with Gasteiger partial charge in [-0.3, -0.25) is 4.68 Å². The summed E-state index contributed by atoms with van der Waals surface area (Å²) in [7, 11) is 0. The molecule has 0 radical (unpaired) electrons. The first kappa shape index (κ1) is 17.2. The van der Waals surface area contributed by atoms with Gasteiger partial charge < -0.3 is 9.73 Å². The Hall–Kier alpha value is -3.18. The van der Waals surface area contributed by atoms with Gasteiger partial charge in [0.1, 0.15) is 17.3 Å². The van der Waals surface area contributed by atoms with Crippen LogP contribution in [0.5, 0.6) is 0 Å². The Kier molecular flexibility index (Phi) is 5.12. The molecule has 4 aromatic rings. The second-order valence-electron chi connectivity index (χ2n) is 6.35. The van der Waals surface area contributed by atoms with Crippen LogP contribution in [0.3, 0.4) is 0 Å². The van der Waals surface area contributed by atoms with Crippen molar-refractivity contribution in [1.29, 1.82) is 0 Å². The lowest BCUT2D eigenvalue weighted by molar-refractivity contribution is 0.492. The molecule has 27 heavy (non-hydrogen) atoms. The van der Waals surface area contributed by atoms with Gasteiger partial charge in [-0.05, 0) is 53.6 Å². The Morgan fingerprint density at radius 1 is 0.889 bits per heavy atom. The number of halogens is 1. The zero-order chi connectivity index (χ0) is 18.5. The maximum Gasteiger partial charge on any atom is 0.134 e. The van der Waals surface area contributed by atoms with Crippen molar-refractivity contribution in [2.24, 2.45) is 0 Å². The van der Waals surface area contributed by atoms with Gasteiger partial charge in [0.25, 0.3) is 0 Å². The highest BCUT2D eigenvalue weighted by Gasteiger charge is 2.06. The average molecular weight is 361 g/mol. The molecule has 0 amide bonds. The molecule has 0 unspecified atom stereocenters. The first-order valence-electron chi connectivity index (χ1n) is 8.87. The van der Waals surface area contributed by atoms with E-state index in [1.54, 1.807) is 18.3 Å². The standard InChI is InChI=1S/C22H20FN3O/c23-20-8-6-17(7-9-20)22-11-10-21(27-22)15-24-14-18-4-1-2-5-19(18)16-26-13-3-12-25-26/h1-13,24H,14-16H2. The summed E-state index contributed by atoms with van der Waals surface area (Å²) in [5.74, 6) is 1.34. The number of benzene rings is 2. The summed E-state index contributed by atoms with van der Waals surface area (Å²) in [6, 6.07) is 20.4. The molecule has 0 spiro atoms. The molecule has 5 heteroatoms. The topological polar surface area (TPSA) is 43.0 Å². The average Bonchev–Trinajstić information content (AvgIpc) is 3.36. The molecule has 0 aliphatic rings. The molecule has 2 aromatic heterocycles. The largest absolute Gasteiger partial charge is 0.460 e. The molecule has 4 nitrogen and oxygen atoms in total. The number of nitrogens with zero attached hydrogens (tertiary/aromatic N) is 2. The molecule has 0 fully saturated rings. The molecule has 0 bridgehead atoms. The van der Waals surface area contributed by atoms with Crippen molar-refractivity contribution < 1.29 is 8.81 Å². The minimum Gasteiger partial charge on any atom is -0.460 e. The number of furan rings is 1. The summed E-state index contributed by atoms with van der Waals surface area (Å²) in [4.78, 5) is 0. The van der Waals surface area contributed by atoms with Crippen LogP contribution in [0.2, 0.25) is 0 Å². The predicted molar refractivity (Wildman–Crippen MR) is 102 cm³/mol. The molecule has 0 saturated heterocycles. The monoisotopic (exact) mass is 361 g/mol. The molecule has 1 N–H and O–H groups in total. The van der Waals surface area contributed by atoms with Crippen LogP contribution in [0.15, 0.2) is 83.5 Å². The van der Waals surface area contributed by atoms with Crippen LogP contribution in [0.4, 0.5) is 4.39 Å². The summed E-state index contributed by atoms with van der Waals surface area (Å²) in [5, 5.41) is 7.70. The SMILES string of the molecule is Fc1ccc(-c2ccc(CNCc3ccccc3Cn3cccn3)o2)cc1. The van der Waals surface area contributed by atoms with E-state index in [4.69, 9.17) is 4.42 Å². The minimum atomic E-state index is -0.249. The fraction of sp³-hybridized carbons (Fsp3) is 0.136. The van der Waals surface area contributed by atoms with E-state index in [2.05, 4.69) is 22.5 Å². The fourth-order valence-electron chi connectivity index (χ4n) is 3.02. The van der Waals surface area contributed by atoms with Crippen molar-refractivity contribution in [3.8, 4) is 11.3 Å². The highest BCUT2D eigenvalue weighted by atomic mass is 19.1. The number of nitrogens with one attached hydrogen (secondary N) is 1. The van der Waals surface area contributed by atoms with Crippen LogP contribution in [0.25, 0.3) is 11.3 Å². The first-order chi connectivity index (χ1) is 13.3. The number of hydrogen-bond donors (Lipinski definition) is 1. The van der Waals surface area contributed by atoms with Crippen molar-refractivity contribution in [2.45, 2.75) is 19.6 Å². The van der Waals surface area contributed by atoms with Crippen molar-refractivity contribution >= 4 is 0 Å². The van der Waals surface area contributed by atoms with Gasteiger partial charge in [-0.15, -0.1) is 0 Å². The van der Waals surface area contributed by atoms with Crippen molar-refractivity contribution in [1.82, 2.24) is 15.1 Å². The highest BCUT2D eigenvalue weighted by Crippen LogP contribution is 2.22. The quantitative estimate of drug-likeness (QED) is 0.522.